The monoisotopic (exact) mass is 307 g/mol. The van der Waals surface area contributed by atoms with Crippen molar-refractivity contribution in [2.45, 2.75) is 31.7 Å². The highest BCUT2D eigenvalue weighted by atomic mass is 32.2. The lowest BCUT2D eigenvalue weighted by Crippen LogP contribution is -2.44. The quantitative estimate of drug-likeness (QED) is 0.758. The van der Waals surface area contributed by atoms with E-state index in [1.807, 2.05) is 12.1 Å². The van der Waals surface area contributed by atoms with Gasteiger partial charge in [0.15, 0.2) is 9.84 Å². The first-order valence-electron chi connectivity index (χ1n) is 7.45. The zero-order valence-electron chi connectivity index (χ0n) is 13.0. The lowest BCUT2D eigenvalue weighted by Gasteiger charge is -2.35. The molecule has 2 rings (SSSR count). The van der Waals surface area contributed by atoms with E-state index in [0.717, 1.165) is 19.5 Å². The summed E-state index contributed by atoms with van der Waals surface area (Å²) < 4.78 is 23.5. The van der Waals surface area contributed by atoms with Crippen molar-refractivity contribution in [2.75, 3.05) is 24.6 Å². The Balaban J connectivity index is 2.14. The number of benzene rings is 1. The van der Waals surface area contributed by atoms with Crippen LogP contribution >= 0.6 is 0 Å². The third-order valence-electron chi connectivity index (χ3n) is 4.24. The summed E-state index contributed by atoms with van der Waals surface area (Å²) >= 11 is 0. The smallest absolute Gasteiger partial charge is 0.151 e. The fourth-order valence-corrected chi connectivity index (χ4v) is 4.82. The average molecular weight is 307 g/mol. The second-order valence-corrected chi connectivity index (χ2v) is 8.75. The van der Waals surface area contributed by atoms with Gasteiger partial charge in [-0.15, -0.1) is 6.58 Å². The summed E-state index contributed by atoms with van der Waals surface area (Å²) in [5.41, 5.74) is 1.26. The maximum Gasteiger partial charge on any atom is 0.151 e. The fraction of sp³-hybridized carbons (Fsp3) is 0.529. The van der Waals surface area contributed by atoms with Crippen LogP contribution in [-0.2, 0) is 15.3 Å². The van der Waals surface area contributed by atoms with Crippen molar-refractivity contribution < 1.29 is 8.42 Å². The van der Waals surface area contributed by atoms with E-state index in [-0.39, 0.29) is 17.2 Å². The summed E-state index contributed by atoms with van der Waals surface area (Å²) in [6.07, 6.45) is 2.60. The molecular weight excluding hydrogens is 282 g/mol. The summed E-state index contributed by atoms with van der Waals surface area (Å²) in [5.74, 6) is 0.600. The van der Waals surface area contributed by atoms with Crippen LogP contribution in [-0.4, -0.2) is 44.0 Å². The van der Waals surface area contributed by atoms with Crippen LogP contribution < -0.4 is 0 Å². The molecule has 0 aromatic heterocycles. The molecule has 3 nitrogen and oxygen atoms in total. The highest BCUT2D eigenvalue weighted by Gasteiger charge is 2.34. The number of hydrogen-bond donors (Lipinski definition) is 0. The summed E-state index contributed by atoms with van der Waals surface area (Å²) in [4.78, 5) is 2.27. The van der Waals surface area contributed by atoms with E-state index in [4.69, 9.17) is 0 Å². The van der Waals surface area contributed by atoms with Gasteiger partial charge in [-0.2, -0.15) is 0 Å². The molecule has 1 fully saturated rings. The Morgan fingerprint density at radius 1 is 1.33 bits per heavy atom. The highest BCUT2D eigenvalue weighted by Crippen LogP contribution is 2.27. The summed E-state index contributed by atoms with van der Waals surface area (Å²) in [6.45, 7) is 9.81. The molecule has 1 aromatic carbocycles. The zero-order chi connectivity index (χ0) is 15.5. The van der Waals surface area contributed by atoms with Gasteiger partial charge in [-0.1, -0.05) is 50.3 Å². The van der Waals surface area contributed by atoms with E-state index in [2.05, 4.69) is 49.6 Å². The number of nitrogens with zero attached hydrogens (tertiary/aromatic N) is 1. The number of sulfone groups is 1. The minimum Gasteiger partial charge on any atom is -0.295 e. The van der Waals surface area contributed by atoms with Crippen LogP contribution in [0.3, 0.4) is 0 Å². The SMILES string of the molecule is C=CCN(CC(C)(C)c1ccccc1)[C@H]1CCS(=O)(=O)C1. The molecule has 0 aliphatic carbocycles. The third kappa shape index (κ3) is 4.17. The minimum absolute atomic E-state index is 0.0172. The lowest BCUT2D eigenvalue weighted by atomic mass is 9.83. The minimum atomic E-state index is -2.85. The van der Waals surface area contributed by atoms with Gasteiger partial charge in [-0.25, -0.2) is 8.42 Å². The molecule has 1 atom stereocenters. The Hall–Kier alpha value is -1.13. The molecule has 0 unspecified atom stereocenters. The fourth-order valence-electron chi connectivity index (χ4n) is 3.06. The standard InChI is InChI=1S/C17H25NO2S/c1-4-11-18(16-10-12-21(19,20)13-16)14-17(2,3)15-8-6-5-7-9-15/h4-9,16H,1,10-14H2,2-3H3/t16-/m0/s1. The Morgan fingerprint density at radius 2 is 2.00 bits per heavy atom. The van der Waals surface area contributed by atoms with Crippen LogP contribution in [0.15, 0.2) is 43.0 Å². The molecule has 116 valence electrons. The third-order valence-corrected chi connectivity index (χ3v) is 5.99. The average Bonchev–Trinajstić information content (AvgIpc) is 2.79. The van der Waals surface area contributed by atoms with Crippen LogP contribution in [0.1, 0.15) is 25.8 Å². The highest BCUT2D eigenvalue weighted by molar-refractivity contribution is 7.91. The van der Waals surface area contributed by atoms with Gasteiger partial charge in [0.2, 0.25) is 0 Å². The van der Waals surface area contributed by atoms with E-state index >= 15 is 0 Å². The van der Waals surface area contributed by atoms with Crippen molar-refractivity contribution >= 4 is 9.84 Å². The molecule has 1 aliphatic rings. The maximum absolute atomic E-state index is 11.7. The van der Waals surface area contributed by atoms with E-state index in [1.165, 1.54) is 5.56 Å². The first kappa shape index (κ1) is 16.2. The molecule has 0 bridgehead atoms. The molecule has 1 aliphatic heterocycles. The van der Waals surface area contributed by atoms with Crippen LogP contribution in [0.2, 0.25) is 0 Å². The summed E-state index contributed by atoms with van der Waals surface area (Å²) in [6, 6.07) is 10.5. The van der Waals surface area contributed by atoms with Crippen molar-refractivity contribution in [3.8, 4) is 0 Å². The first-order valence-corrected chi connectivity index (χ1v) is 9.27. The van der Waals surface area contributed by atoms with Gasteiger partial charge in [0.25, 0.3) is 0 Å². The molecule has 4 heteroatoms. The van der Waals surface area contributed by atoms with Gasteiger partial charge in [0.05, 0.1) is 11.5 Å². The Kier molecular flexibility index (Phi) is 4.89. The summed E-state index contributed by atoms with van der Waals surface area (Å²) in [7, 11) is -2.85. The predicted molar refractivity (Wildman–Crippen MR) is 88.3 cm³/mol. The molecule has 1 aromatic rings. The Morgan fingerprint density at radius 3 is 2.52 bits per heavy atom. The molecular formula is C17H25NO2S. The van der Waals surface area contributed by atoms with Gasteiger partial charge >= 0.3 is 0 Å². The maximum atomic E-state index is 11.7. The molecule has 0 saturated carbocycles. The van der Waals surface area contributed by atoms with E-state index in [0.29, 0.717) is 5.75 Å². The van der Waals surface area contributed by atoms with Crippen LogP contribution in [0.25, 0.3) is 0 Å². The Labute approximate surface area is 128 Å². The largest absolute Gasteiger partial charge is 0.295 e. The molecule has 0 radical (unpaired) electrons. The summed E-state index contributed by atoms with van der Waals surface area (Å²) in [5, 5.41) is 0. The van der Waals surface area contributed by atoms with E-state index in [1.54, 1.807) is 0 Å². The van der Waals surface area contributed by atoms with Gasteiger partial charge in [0, 0.05) is 24.5 Å². The van der Waals surface area contributed by atoms with Gasteiger partial charge in [-0.3, -0.25) is 4.90 Å². The van der Waals surface area contributed by atoms with Gasteiger partial charge in [-0.05, 0) is 12.0 Å². The first-order chi connectivity index (χ1) is 9.84. The second-order valence-electron chi connectivity index (χ2n) is 6.52. The number of hydrogen-bond acceptors (Lipinski definition) is 3. The lowest BCUT2D eigenvalue weighted by molar-refractivity contribution is 0.192. The number of rotatable bonds is 6. The Bertz CT molecular complexity index is 578. The predicted octanol–water partition coefficient (Wildman–Crippen LogP) is 2.64. The topological polar surface area (TPSA) is 37.4 Å². The van der Waals surface area contributed by atoms with Crippen molar-refractivity contribution in [1.29, 1.82) is 0 Å². The molecule has 0 amide bonds. The second kappa shape index (κ2) is 6.32. The van der Waals surface area contributed by atoms with Crippen LogP contribution in [0.5, 0.6) is 0 Å². The molecule has 1 heterocycles. The zero-order valence-corrected chi connectivity index (χ0v) is 13.8. The van der Waals surface area contributed by atoms with Crippen molar-refractivity contribution in [2.24, 2.45) is 0 Å². The van der Waals surface area contributed by atoms with Crippen molar-refractivity contribution in [3.63, 3.8) is 0 Å². The van der Waals surface area contributed by atoms with Gasteiger partial charge in [0.1, 0.15) is 0 Å². The molecule has 0 spiro atoms. The van der Waals surface area contributed by atoms with Crippen molar-refractivity contribution in [1.82, 2.24) is 4.90 Å². The van der Waals surface area contributed by atoms with Crippen LogP contribution in [0.4, 0.5) is 0 Å². The van der Waals surface area contributed by atoms with Crippen LogP contribution in [0, 0.1) is 0 Å². The van der Waals surface area contributed by atoms with E-state index < -0.39 is 9.84 Å². The molecule has 21 heavy (non-hydrogen) atoms. The van der Waals surface area contributed by atoms with E-state index in [9.17, 15) is 8.42 Å². The van der Waals surface area contributed by atoms with Crippen molar-refractivity contribution in [3.05, 3.63) is 48.6 Å². The normalized spacial score (nSPS) is 21.6. The van der Waals surface area contributed by atoms with Gasteiger partial charge < -0.3 is 0 Å². The molecule has 1 saturated heterocycles. The molecule has 0 N–H and O–H groups in total.